The highest BCUT2D eigenvalue weighted by Gasteiger charge is 2.30. The molecule has 0 saturated heterocycles. The summed E-state index contributed by atoms with van der Waals surface area (Å²) in [5, 5.41) is 12.5. The molecule has 0 bridgehead atoms. The molecule has 2 aromatic rings. The second kappa shape index (κ2) is 5.47. The number of carboxylic acids is 1. The SMILES string of the molecule is COc1ccc(NC(C(=O)O)c2cncn2C2CC2)cc1. The molecule has 6 nitrogen and oxygen atoms in total. The zero-order valence-corrected chi connectivity index (χ0v) is 11.7. The molecule has 2 N–H and O–H groups in total. The lowest BCUT2D eigenvalue weighted by molar-refractivity contribution is -0.138. The first-order chi connectivity index (χ1) is 10.2. The maximum Gasteiger partial charge on any atom is 0.332 e. The van der Waals surface area contributed by atoms with E-state index in [1.54, 1.807) is 43.9 Å². The number of hydrogen-bond acceptors (Lipinski definition) is 4. The van der Waals surface area contributed by atoms with Gasteiger partial charge >= 0.3 is 5.97 Å². The molecule has 0 spiro atoms. The third-order valence-electron chi connectivity index (χ3n) is 3.58. The minimum absolute atomic E-state index is 0.391. The number of carboxylic acid groups (broad SMARTS) is 1. The fourth-order valence-electron chi connectivity index (χ4n) is 2.31. The fraction of sp³-hybridized carbons (Fsp3) is 0.333. The fourth-order valence-corrected chi connectivity index (χ4v) is 2.31. The van der Waals surface area contributed by atoms with Crippen LogP contribution in [0.5, 0.6) is 5.75 Å². The van der Waals surface area contributed by atoms with Crippen molar-refractivity contribution in [3.8, 4) is 5.75 Å². The third kappa shape index (κ3) is 2.84. The smallest absolute Gasteiger partial charge is 0.332 e. The van der Waals surface area contributed by atoms with Crippen molar-refractivity contribution in [1.82, 2.24) is 9.55 Å². The predicted octanol–water partition coefficient (Wildman–Crippen LogP) is 2.46. The standard InChI is InChI=1S/C15H17N3O3/c1-21-12-6-2-10(3-7-12)17-14(15(19)20)13-8-16-9-18(13)11-4-5-11/h2-3,6-9,11,14,17H,4-5H2,1H3,(H,19,20). The highest BCUT2D eigenvalue weighted by atomic mass is 16.5. The van der Waals surface area contributed by atoms with Gasteiger partial charge in [-0.2, -0.15) is 0 Å². The number of hydrogen-bond donors (Lipinski definition) is 2. The Kier molecular flexibility index (Phi) is 3.51. The van der Waals surface area contributed by atoms with Crippen molar-refractivity contribution >= 4 is 11.7 Å². The lowest BCUT2D eigenvalue weighted by Crippen LogP contribution is -2.23. The first-order valence-corrected chi connectivity index (χ1v) is 6.84. The molecular formula is C15H17N3O3. The number of nitrogens with zero attached hydrogens (tertiary/aromatic N) is 2. The lowest BCUT2D eigenvalue weighted by atomic mass is 10.2. The average Bonchev–Trinajstić information content (AvgIpc) is 3.23. The number of ether oxygens (including phenoxy) is 1. The molecule has 1 aliphatic carbocycles. The number of anilines is 1. The van der Waals surface area contributed by atoms with Crippen LogP contribution in [-0.2, 0) is 4.79 Å². The van der Waals surface area contributed by atoms with Crippen LogP contribution in [0.25, 0.3) is 0 Å². The Labute approximate surface area is 122 Å². The molecule has 1 saturated carbocycles. The van der Waals surface area contributed by atoms with Crippen LogP contribution in [0.1, 0.15) is 30.6 Å². The molecule has 110 valence electrons. The summed E-state index contributed by atoms with van der Waals surface area (Å²) in [4.78, 5) is 15.7. The van der Waals surface area contributed by atoms with Gasteiger partial charge in [-0.1, -0.05) is 0 Å². The van der Waals surface area contributed by atoms with E-state index in [1.165, 1.54) is 0 Å². The number of aliphatic carboxylic acids is 1. The van der Waals surface area contributed by atoms with E-state index in [2.05, 4.69) is 10.3 Å². The van der Waals surface area contributed by atoms with Gasteiger partial charge in [0, 0.05) is 11.7 Å². The number of aromatic nitrogens is 2. The first kappa shape index (κ1) is 13.5. The summed E-state index contributed by atoms with van der Waals surface area (Å²) >= 11 is 0. The van der Waals surface area contributed by atoms with E-state index in [-0.39, 0.29) is 0 Å². The number of rotatable bonds is 6. The maximum absolute atomic E-state index is 11.6. The van der Waals surface area contributed by atoms with Gasteiger partial charge in [-0.05, 0) is 37.1 Å². The van der Waals surface area contributed by atoms with Gasteiger partial charge in [0.25, 0.3) is 0 Å². The third-order valence-corrected chi connectivity index (χ3v) is 3.58. The summed E-state index contributed by atoms with van der Waals surface area (Å²) in [5.41, 5.74) is 1.41. The molecule has 1 aromatic heterocycles. The van der Waals surface area contributed by atoms with Crippen molar-refractivity contribution in [3.05, 3.63) is 42.5 Å². The van der Waals surface area contributed by atoms with Crippen LogP contribution in [0.2, 0.25) is 0 Å². The van der Waals surface area contributed by atoms with Gasteiger partial charge in [-0.15, -0.1) is 0 Å². The number of methoxy groups -OCH3 is 1. The summed E-state index contributed by atoms with van der Waals surface area (Å²) < 4.78 is 7.05. The lowest BCUT2D eigenvalue weighted by Gasteiger charge is -2.17. The topological polar surface area (TPSA) is 76.4 Å². The molecular weight excluding hydrogens is 270 g/mol. The van der Waals surface area contributed by atoms with E-state index in [0.29, 0.717) is 11.7 Å². The second-order valence-corrected chi connectivity index (χ2v) is 5.10. The van der Waals surface area contributed by atoms with Gasteiger partial charge in [0.15, 0.2) is 6.04 Å². The quantitative estimate of drug-likeness (QED) is 0.853. The van der Waals surface area contributed by atoms with Crippen molar-refractivity contribution in [2.75, 3.05) is 12.4 Å². The molecule has 1 atom stereocenters. The molecule has 1 aromatic carbocycles. The Balaban J connectivity index is 1.83. The van der Waals surface area contributed by atoms with Crippen LogP contribution >= 0.6 is 0 Å². The molecule has 21 heavy (non-hydrogen) atoms. The Morgan fingerprint density at radius 2 is 2.14 bits per heavy atom. The number of imidazole rings is 1. The zero-order chi connectivity index (χ0) is 14.8. The first-order valence-electron chi connectivity index (χ1n) is 6.84. The van der Waals surface area contributed by atoms with E-state index in [1.807, 2.05) is 4.57 Å². The van der Waals surface area contributed by atoms with E-state index in [4.69, 9.17) is 4.74 Å². The Bertz CT molecular complexity index is 632. The van der Waals surface area contributed by atoms with Gasteiger partial charge in [0.2, 0.25) is 0 Å². The van der Waals surface area contributed by atoms with Gasteiger partial charge in [-0.25, -0.2) is 9.78 Å². The van der Waals surface area contributed by atoms with Gasteiger partial charge in [0.05, 0.1) is 25.3 Å². The Morgan fingerprint density at radius 3 is 2.71 bits per heavy atom. The van der Waals surface area contributed by atoms with Gasteiger partial charge in [-0.3, -0.25) is 0 Å². The molecule has 1 fully saturated rings. The summed E-state index contributed by atoms with van der Waals surface area (Å²) in [5.74, 6) is -0.191. The Morgan fingerprint density at radius 1 is 1.43 bits per heavy atom. The maximum atomic E-state index is 11.6. The summed E-state index contributed by atoms with van der Waals surface area (Å²) in [6.45, 7) is 0. The molecule has 3 rings (SSSR count). The van der Waals surface area contributed by atoms with Crippen LogP contribution in [0.3, 0.4) is 0 Å². The molecule has 1 heterocycles. The largest absolute Gasteiger partial charge is 0.497 e. The Hall–Kier alpha value is -2.50. The van der Waals surface area contributed by atoms with E-state index in [0.717, 1.165) is 24.3 Å². The summed E-state index contributed by atoms with van der Waals surface area (Å²) in [6.07, 6.45) is 5.49. The minimum Gasteiger partial charge on any atom is -0.497 e. The summed E-state index contributed by atoms with van der Waals surface area (Å²) in [6, 6.07) is 6.75. The van der Waals surface area contributed by atoms with Crippen LogP contribution in [0.15, 0.2) is 36.8 Å². The molecule has 0 radical (unpaired) electrons. The van der Waals surface area contributed by atoms with Crippen LogP contribution < -0.4 is 10.1 Å². The van der Waals surface area contributed by atoms with E-state index >= 15 is 0 Å². The number of nitrogens with one attached hydrogen (secondary N) is 1. The van der Waals surface area contributed by atoms with Crippen molar-refractivity contribution in [3.63, 3.8) is 0 Å². The summed E-state index contributed by atoms with van der Waals surface area (Å²) in [7, 11) is 1.59. The van der Waals surface area contributed by atoms with Crippen molar-refractivity contribution in [2.24, 2.45) is 0 Å². The van der Waals surface area contributed by atoms with Gasteiger partial charge in [0.1, 0.15) is 5.75 Å². The van der Waals surface area contributed by atoms with Crippen molar-refractivity contribution in [2.45, 2.75) is 24.9 Å². The van der Waals surface area contributed by atoms with Crippen LogP contribution in [0, 0.1) is 0 Å². The number of carbonyl (C=O) groups is 1. The molecule has 1 aliphatic rings. The van der Waals surface area contributed by atoms with Crippen LogP contribution in [0.4, 0.5) is 5.69 Å². The van der Waals surface area contributed by atoms with E-state index in [9.17, 15) is 9.90 Å². The zero-order valence-electron chi connectivity index (χ0n) is 11.7. The highest BCUT2D eigenvalue weighted by Crippen LogP contribution is 2.37. The van der Waals surface area contributed by atoms with E-state index < -0.39 is 12.0 Å². The van der Waals surface area contributed by atoms with Crippen LogP contribution in [-0.4, -0.2) is 27.7 Å². The average molecular weight is 287 g/mol. The minimum atomic E-state index is -0.923. The van der Waals surface area contributed by atoms with Crippen molar-refractivity contribution in [1.29, 1.82) is 0 Å². The molecule has 6 heteroatoms. The van der Waals surface area contributed by atoms with Gasteiger partial charge < -0.3 is 19.7 Å². The molecule has 0 amide bonds. The number of benzene rings is 1. The molecule has 1 unspecified atom stereocenters. The highest BCUT2D eigenvalue weighted by molar-refractivity contribution is 5.78. The van der Waals surface area contributed by atoms with Crippen molar-refractivity contribution < 1.29 is 14.6 Å². The normalized spacial score (nSPS) is 15.5. The second-order valence-electron chi connectivity index (χ2n) is 5.10. The predicted molar refractivity (Wildman–Crippen MR) is 77.5 cm³/mol. The molecule has 0 aliphatic heterocycles. The monoisotopic (exact) mass is 287 g/mol.